The molecule has 0 amide bonds. The quantitative estimate of drug-likeness (QED) is 0.439. The highest BCUT2D eigenvalue weighted by atomic mass is 19.4. The normalized spacial score (nSPS) is 11.6. The van der Waals surface area contributed by atoms with E-state index in [0.717, 1.165) is 27.5 Å². The Bertz CT molecular complexity index is 1470. The van der Waals surface area contributed by atoms with Crippen LogP contribution in [0.1, 0.15) is 11.4 Å². The number of aromatic nitrogens is 4. The van der Waals surface area contributed by atoms with Gasteiger partial charge in [0.1, 0.15) is 11.4 Å². The maximum absolute atomic E-state index is 14.7. The van der Waals surface area contributed by atoms with E-state index in [0.29, 0.717) is 17.2 Å². The van der Waals surface area contributed by atoms with E-state index in [4.69, 9.17) is 4.74 Å². The highest BCUT2D eigenvalue weighted by Crippen LogP contribution is 2.37. The fraction of sp³-hybridized carbons (Fsp3) is 0.136. The lowest BCUT2D eigenvalue weighted by atomic mass is 10.1. The molecule has 34 heavy (non-hydrogen) atoms. The van der Waals surface area contributed by atoms with Crippen molar-refractivity contribution in [3.8, 4) is 22.6 Å². The molecule has 0 saturated heterocycles. The lowest BCUT2D eigenvalue weighted by Crippen LogP contribution is -2.26. The first-order chi connectivity index (χ1) is 16.0. The monoisotopic (exact) mass is 478 g/mol. The van der Waals surface area contributed by atoms with Crippen LogP contribution in [0.4, 0.5) is 22.0 Å². The third-order valence-corrected chi connectivity index (χ3v) is 5.03. The number of alkyl halides is 3. The molecule has 1 N–H and O–H groups in total. The number of ether oxygens (including phenoxy) is 1. The number of aromatic amines is 1. The number of nitrogens with one attached hydrogen (secondary N) is 1. The summed E-state index contributed by atoms with van der Waals surface area (Å²) in [5, 5.41) is 5.87. The number of hydrogen-bond donors (Lipinski definition) is 1. The zero-order chi connectivity index (χ0) is 24.6. The highest BCUT2D eigenvalue weighted by molar-refractivity contribution is 5.64. The molecule has 0 atom stereocenters. The Kier molecular flexibility index (Phi) is 5.82. The lowest BCUT2D eigenvalue weighted by Gasteiger charge is -2.16. The average Bonchev–Trinajstić information content (AvgIpc) is 3.09. The first kappa shape index (κ1) is 23.0. The van der Waals surface area contributed by atoms with Gasteiger partial charge in [0.2, 0.25) is 5.75 Å². The fourth-order valence-corrected chi connectivity index (χ4v) is 3.19. The average molecular weight is 478 g/mol. The molecule has 4 aromatic rings. The van der Waals surface area contributed by atoms with Gasteiger partial charge < -0.3 is 9.30 Å². The summed E-state index contributed by atoms with van der Waals surface area (Å²) in [7, 11) is 1.37. The van der Waals surface area contributed by atoms with Gasteiger partial charge in [-0.3, -0.25) is 9.36 Å². The Morgan fingerprint density at radius 1 is 1.00 bits per heavy atom. The van der Waals surface area contributed by atoms with Gasteiger partial charge >= 0.3 is 11.9 Å². The molecule has 0 aliphatic carbocycles. The molecule has 2 heterocycles. The molecule has 0 radical (unpaired) electrons. The first-order valence-corrected chi connectivity index (χ1v) is 9.69. The van der Waals surface area contributed by atoms with Gasteiger partial charge in [0.05, 0.1) is 6.54 Å². The minimum absolute atomic E-state index is 0.0765. The molecule has 0 aliphatic heterocycles. The second-order valence-corrected chi connectivity index (χ2v) is 7.25. The largest absolute Gasteiger partial charge is 0.448 e. The molecule has 0 saturated carbocycles. The van der Waals surface area contributed by atoms with E-state index in [2.05, 4.69) is 10.2 Å². The molecule has 0 spiro atoms. The van der Waals surface area contributed by atoms with E-state index < -0.39 is 46.1 Å². The maximum atomic E-state index is 14.7. The van der Waals surface area contributed by atoms with Crippen molar-refractivity contribution in [1.82, 2.24) is 19.3 Å². The number of pyridine rings is 1. The zero-order valence-electron chi connectivity index (χ0n) is 17.4. The number of H-pyrrole nitrogens is 1. The van der Waals surface area contributed by atoms with E-state index in [9.17, 15) is 31.5 Å². The summed E-state index contributed by atoms with van der Waals surface area (Å²) in [6, 6.07) is 9.21. The standard InChI is InChI=1S/C22H15F5N4O3/c1-30-18(28-29-21(30)33)11-31-9-8-15(22(25,26)27)19(20(31)32)34-17-7-4-13(10-16(17)24)12-2-5-14(23)6-3-12/h2-10H,11H2,1H3,(H,29,33). The first-order valence-electron chi connectivity index (χ1n) is 9.69. The number of benzene rings is 2. The summed E-state index contributed by atoms with van der Waals surface area (Å²) in [5.41, 5.74) is -2.38. The second-order valence-electron chi connectivity index (χ2n) is 7.25. The fourth-order valence-electron chi connectivity index (χ4n) is 3.19. The minimum Gasteiger partial charge on any atom is -0.448 e. The van der Waals surface area contributed by atoms with Crippen molar-refractivity contribution in [3.63, 3.8) is 0 Å². The van der Waals surface area contributed by atoms with Crippen molar-refractivity contribution in [2.24, 2.45) is 7.05 Å². The summed E-state index contributed by atoms with van der Waals surface area (Å²) in [6.45, 7) is -0.339. The van der Waals surface area contributed by atoms with Gasteiger partial charge in [-0.15, -0.1) is 0 Å². The SMILES string of the molecule is Cn1c(Cn2ccc(C(F)(F)F)c(Oc3ccc(-c4ccc(F)cc4)cc3F)c2=O)n[nH]c1=O. The number of halogens is 5. The van der Waals surface area contributed by atoms with Crippen LogP contribution in [-0.4, -0.2) is 19.3 Å². The minimum atomic E-state index is -4.96. The molecule has 0 aliphatic rings. The Balaban J connectivity index is 1.74. The maximum Gasteiger partial charge on any atom is 0.420 e. The van der Waals surface area contributed by atoms with Gasteiger partial charge in [-0.1, -0.05) is 18.2 Å². The van der Waals surface area contributed by atoms with Crippen molar-refractivity contribution in [2.45, 2.75) is 12.7 Å². The Hall–Kier alpha value is -4.22. The molecule has 2 aromatic carbocycles. The van der Waals surface area contributed by atoms with Crippen molar-refractivity contribution in [1.29, 1.82) is 0 Å². The van der Waals surface area contributed by atoms with Crippen LogP contribution in [0.3, 0.4) is 0 Å². The smallest absolute Gasteiger partial charge is 0.420 e. The number of nitrogens with zero attached hydrogens (tertiary/aromatic N) is 3. The van der Waals surface area contributed by atoms with Gasteiger partial charge in [0, 0.05) is 13.2 Å². The van der Waals surface area contributed by atoms with Crippen LogP contribution < -0.4 is 16.0 Å². The third kappa shape index (κ3) is 4.47. The topological polar surface area (TPSA) is 81.9 Å². The molecule has 7 nitrogen and oxygen atoms in total. The van der Waals surface area contributed by atoms with Crippen molar-refractivity contribution >= 4 is 0 Å². The molecular formula is C22H15F5N4O3. The molecular weight excluding hydrogens is 463 g/mol. The van der Waals surface area contributed by atoms with Gasteiger partial charge in [-0.25, -0.2) is 18.7 Å². The van der Waals surface area contributed by atoms with Crippen molar-refractivity contribution < 1.29 is 26.7 Å². The third-order valence-electron chi connectivity index (χ3n) is 5.03. The Morgan fingerprint density at radius 3 is 2.26 bits per heavy atom. The molecule has 0 bridgehead atoms. The molecule has 176 valence electrons. The zero-order valence-corrected chi connectivity index (χ0v) is 17.4. The van der Waals surface area contributed by atoms with Gasteiger partial charge in [-0.05, 0) is 41.5 Å². The second kappa shape index (κ2) is 8.61. The van der Waals surface area contributed by atoms with E-state index in [-0.39, 0.29) is 12.4 Å². The Labute approximate surface area is 187 Å². The number of hydrogen-bond acceptors (Lipinski definition) is 4. The molecule has 12 heteroatoms. The van der Waals surface area contributed by atoms with E-state index in [1.165, 1.54) is 37.4 Å². The van der Waals surface area contributed by atoms with Crippen LogP contribution in [-0.2, 0) is 19.8 Å². The number of rotatable bonds is 5. The summed E-state index contributed by atoms with van der Waals surface area (Å²) in [5.74, 6) is -3.19. The van der Waals surface area contributed by atoms with Gasteiger partial charge in [-0.2, -0.15) is 18.3 Å². The van der Waals surface area contributed by atoms with Crippen LogP contribution >= 0.6 is 0 Å². The van der Waals surface area contributed by atoms with Crippen LogP contribution in [0.25, 0.3) is 11.1 Å². The molecule has 0 fully saturated rings. The van der Waals surface area contributed by atoms with Crippen LogP contribution in [0.5, 0.6) is 11.5 Å². The predicted molar refractivity (Wildman–Crippen MR) is 111 cm³/mol. The summed E-state index contributed by atoms with van der Waals surface area (Å²) in [6.07, 6.45) is -4.08. The molecule has 2 aromatic heterocycles. The summed E-state index contributed by atoms with van der Waals surface area (Å²) >= 11 is 0. The Morgan fingerprint density at radius 2 is 1.68 bits per heavy atom. The predicted octanol–water partition coefficient (Wildman–Crippen LogP) is 4.07. The van der Waals surface area contributed by atoms with Crippen LogP contribution in [0, 0.1) is 11.6 Å². The van der Waals surface area contributed by atoms with Gasteiger partial charge in [0.15, 0.2) is 17.4 Å². The van der Waals surface area contributed by atoms with Gasteiger partial charge in [0.25, 0.3) is 5.56 Å². The highest BCUT2D eigenvalue weighted by Gasteiger charge is 2.37. The summed E-state index contributed by atoms with van der Waals surface area (Å²) in [4.78, 5) is 24.4. The van der Waals surface area contributed by atoms with Crippen LogP contribution in [0.2, 0.25) is 0 Å². The lowest BCUT2D eigenvalue weighted by molar-refractivity contribution is -0.138. The molecule has 4 rings (SSSR count). The van der Waals surface area contributed by atoms with E-state index in [1.54, 1.807) is 0 Å². The van der Waals surface area contributed by atoms with E-state index in [1.807, 2.05) is 0 Å². The van der Waals surface area contributed by atoms with Crippen molar-refractivity contribution in [3.05, 3.63) is 98.6 Å². The summed E-state index contributed by atoms with van der Waals surface area (Å²) < 4.78 is 75.6. The molecule has 0 unspecified atom stereocenters. The van der Waals surface area contributed by atoms with Crippen molar-refractivity contribution in [2.75, 3.05) is 0 Å². The van der Waals surface area contributed by atoms with Crippen LogP contribution in [0.15, 0.2) is 64.3 Å². The van der Waals surface area contributed by atoms with E-state index >= 15 is 0 Å².